The number of amides is 1. The van der Waals surface area contributed by atoms with Gasteiger partial charge in [0.05, 0.1) is 18.2 Å². The van der Waals surface area contributed by atoms with E-state index in [1.54, 1.807) is 36.4 Å². The summed E-state index contributed by atoms with van der Waals surface area (Å²) in [5.74, 6) is 0.392. The fraction of sp³-hybridized carbons (Fsp3) is 0.286. The van der Waals surface area contributed by atoms with Crippen LogP contribution in [0.3, 0.4) is 0 Å². The van der Waals surface area contributed by atoms with Crippen molar-refractivity contribution in [1.82, 2.24) is 4.98 Å². The lowest BCUT2D eigenvalue weighted by atomic mass is 10.2. The van der Waals surface area contributed by atoms with Crippen molar-refractivity contribution >= 4 is 35.4 Å². The van der Waals surface area contributed by atoms with E-state index in [9.17, 15) is 9.59 Å². The van der Waals surface area contributed by atoms with E-state index in [0.717, 1.165) is 5.56 Å². The van der Waals surface area contributed by atoms with Gasteiger partial charge in [0.1, 0.15) is 5.82 Å². The normalized spacial score (nSPS) is 11.7. The Morgan fingerprint density at radius 1 is 1.14 bits per heavy atom. The van der Waals surface area contributed by atoms with Crippen LogP contribution in [0.2, 0.25) is 5.02 Å². The van der Waals surface area contributed by atoms with E-state index in [-0.39, 0.29) is 0 Å². The number of carbonyl (C=O) groups excluding carboxylic acids is 2. The minimum atomic E-state index is -0.996. The summed E-state index contributed by atoms with van der Waals surface area (Å²) in [5, 5.41) is 3.00. The molecule has 1 aromatic heterocycles. The fourth-order valence-electron chi connectivity index (χ4n) is 2.28. The molecule has 1 atom stereocenters. The van der Waals surface area contributed by atoms with E-state index in [0.29, 0.717) is 35.6 Å². The molecule has 29 heavy (non-hydrogen) atoms. The molecule has 1 aromatic carbocycles. The first-order valence-electron chi connectivity index (χ1n) is 9.13. The first-order valence-corrected chi connectivity index (χ1v) is 9.51. The molecule has 0 saturated carbocycles. The molecule has 0 aliphatic heterocycles. The number of aromatic nitrogens is 1. The van der Waals surface area contributed by atoms with Crippen molar-refractivity contribution in [3.8, 4) is 11.5 Å². The Labute approximate surface area is 174 Å². The van der Waals surface area contributed by atoms with Crippen molar-refractivity contribution in [1.29, 1.82) is 0 Å². The third kappa shape index (κ3) is 7.12. The SMILES string of the molecule is CCOc1ccc(/C=C/C(=O)O[C@H](C)C(=O)Nc2ccc(Cl)cn2)cc1OCC. The van der Waals surface area contributed by atoms with Gasteiger partial charge in [-0.05, 0) is 56.7 Å². The molecule has 0 aliphatic carbocycles. The fourth-order valence-corrected chi connectivity index (χ4v) is 2.39. The summed E-state index contributed by atoms with van der Waals surface area (Å²) in [7, 11) is 0. The van der Waals surface area contributed by atoms with E-state index in [1.807, 2.05) is 13.8 Å². The highest BCUT2D eigenvalue weighted by molar-refractivity contribution is 6.30. The van der Waals surface area contributed by atoms with Gasteiger partial charge in [-0.3, -0.25) is 4.79 Å². The van der Waals surface area contributed by atoms with Gasteiger partial charge in [-0.25, -0.2) is 9.78 Å². The number of ether oxygens (including phenoxy) is 3. The summed E-state index contributed by atoms with van der Waals surface area (Å²) in [6, 6.07) is 8.47. The van der Waals surface area contributed by atoms with Gasteiger partial charge in [0.2, 0.25) is 0 Å². The number of pyridine rings is 1. The van der Waals surface area contributed by atoms with Crippen LogP contribution in [0.1, 0.15) is 26.3 Å². The van der Waals surface area contributed by atoms with Crippen LogP contribution in [0.5, 0.6) is 11.5 Å². The summed E-state index contributed by atoms with van der Waals surface area (Å²) in [5.41, 5.74) is 0.733. The maximum absolute atomic E-state index is 12.1. The van der Waals surface area contributed by atoms with Crippen LogP contribution < -0.4 is 14.8 Å². The number of esters is 1. The van der Waals surface area contributed by atoms with Crippen LogP contribution >= 0.6 is 11.6 Å². The molecule has 1 heterocycles. The summed E-state index contributed by atoms with van der Waals surface area (Å²) in [4.78, 5) is 28.1. The summed E-state index contributed by atoms with van der Waals surface area (Å²) in [6.45, 7) is 6.25. The van der Waals surface area contributed by atoms with E-state index < -0.39 is 18.0 Å². The lowest BCUT2D eigenvalue weighted by Gasteiger charge is -2.12. The van der Waals surface area contributed by atoms with Gasteiger partial charge in [0, 0.05) is 12.3 Å². The van der Waals surface area contributed by atoms with Crippen LogP contribution in [0.25, 0.3) is 6.08 Å². The zero-order valence-corrected chi connectivity index (χ0v) is 17.2. The lowest BCUT2D eigenvalue weighted by molar-refractivity contribution is -0.148. The third-order valence-corrected chi connectivity index (χ3v) is 3.84. The number of hydrogen-bond acceptors (Lipinski definition) is 6. The Kier molecular flexibility index (Phi) is 8.48. The molecule has 1 amide bonds. The van der Waals surface area contributed by atoms with Crippen molar-refractivity contribution in [3.05, 3.63) is 53.2 Å². The zero-order chi connectivity index (χ0) is 21.2. The predicted octanol–water partition coefficient (Wildman–Crippen LogP) is 4.12. The Balaban J connectivity index is 1.94. The van der Waals surface area contributed by atoms with Gasteiger partial charge in [-0.15, -0.1) is 0 Å². The predicted molar refractivity (Wildman–Crippen MR) is 111 cm³/mol. The summed E-state index contributed by atoms with van der Waals surface area (Å²) < 4.78 is 16.2. The average Bonchev–Trinajstić information content (AvgIpc) is 2.70. The molecular weight excluding hydrogens is 396 g/mol. The monoisotopic (exact) mass is 418 g/mol. The Bertz CT molecular complexity index is 868. The third-order valence-electron chi connectivity index (χ3n) is 3.62. The molecule has 0 fully saturated rings. The van der Waals surface area contributed by atoms with Crippen molar-refractivity contribution < 1.29 is 23.8 Å². The molecule has 8 heteroatoms. The maximum atomic E-state index is 12.1. The minimum Gasteiger partial charge on any atom is -0.490 e. The molecule has 7 nitrogen and oxygen atoms in total. The van der Waals surface area contributed by atoms with Crippen LogP contribution in [0.4, 0.5) is 5.82 Å². The van der Waals surface area contributed by atoms with E-state index in [2.05, 4.69) is 10.3 Å². The molecule has 0 spiro atoms. The van der Waals surface area contributed by atoms with Crippen LogP contribution in [-0.2, 0) is 14.3 Å². The number of benzene rings is 1. The van der Waals surface area contributed by atoms with Gasteiger partial charge < -0.3 is 19.5 Å². The summed E-state index contributed by atoms with van der Waals surface area (Å²) >= 11 is 5.75. The largest absolute Gasteiger partial charge is 0.490 e. The van der Waals surface area contributed by atoms with Gasteiger partial charge >= 0.3 is 5.97 Å². The number of carbonyl (C=O) groups is 2. The van der Waals surface area contributed by atoms with Gasteiger partial charge in [-0.2, -0.15) is 0 Å². The second kappa shape index (κ2) is 11.1. The lowest BCUT2D eigenvalue weighted by Crippen LogP contribution is -2.29. The first-order chi connectivity index (χ1) is 13.9. The number of halogens is 1. The van der Waals surface area contributed by atoms with Crippen molar-refractivity contribution in [2.45, 2.75) is 26.9 Å². The smallest absolute Gasteiger partial charge is 0.331 e. The van der Waals surface area contributed by atoms with Crippen LogP contribution in [-0.4, -0.2) is 36.2 Å². The van der Waals surface area contributed by atoms with Crippen molar-refractivity contribution in [2.75, 3.05) is 18.5 Å². The average molecular weight is 419 g/mol. The summed E-state index contributed by atoms with van der Waals surface area (Å²) in [6.07, 6.45) is 3.23. The minimum absolute atomic E-state index is 0.315. The van der Waals surface area contributed by atoms with Crippen molar-refractivity contribution in [2.24, 2.45) is 0 Å². The molecule has 2 rings (SSSR count). The van der Waals surface area contributed by atoms with Gasteiger partial charge in [-0.1, -0.05) is 17.7 Å². The standard InChI is InChI=1S/C21H23ClN2O5/c1-4-27-17-9-6-15(12-18(17)28-5-2)7-11-20(25)29-14(3)21(26)24-19-10-8-16(22)13-23-19/h6-14H,4-5H2,1-3H3,(H,23,24,26)/b11-7+/t14-/m1/s1. The molecule has 0 saturated heterocycles. The molecule has 1 N–H and O–H groups in total. The second-order valence-corrected chi connectivity index (χ2v) is 6.27. The van der Waals surface area contributed by atoms with E-state index in [1.165, 1.54) is 19.2 Å². The van der Waals surface area contributed by atoms with E-state index in [4.69, 9.17) is 25.8 Å². The first kappa shape index (κ1) is 22.2. The van der Waals surface area contributed by atoms with Gasteiger partial charge in [0.15, 0.2) is 17.6 Å². The molecule has 0 bridgehead atoms. The number of rotatable bonds is 9. The van der Waals surface area contributed by atoms with Gasteiger partial charge in [0.25, 0.3) is 5.91 Å². The molecule has 0 aliphatic rings. The Morgan fingerprint density at radius 2 is 1.86 bits per heavy atom. The molecule has 0 radical (unpaired) electrons. The molecular formula is C21H23ClN2O5. The number of hydrogen-bond donors (Lipinski definition) is 1. The topological polar surface area (TPSA) is 86.8 Å². The highest BCUT2D eigenvalue weighted by atomic mass is 35.5. The Hall–Kier alpha value is -3.06. The second-order valence-electron chi connectivity index (χ2n) is 5.84. The highest BCUT2D eigenvalue weighted by Gasteiger charge is 2.17. The van der Waals surface area contributed by atoms with Crippen molar-refractivity contribution in [3.63, 3.8) is 0 Å². The Morgan fingerprint density at radius 3 is 2.52 bits per heavy atom. The van der Waals surface area contributed by atoms with E-state index >= 15 is 0 Å². The molecule has 0 unspecified atom stereocenters. The van der Waals surface area contributed by atoms with Crippen LogP contribution in [0.15, 0.2) is 42.6 Å². The molecule has 154 valence electrons. The quantitative estimate of drug-likeness (QED) is 0.487. The number of nitrogens with zero attached hydrogens (tertiary/aromatic N) is 1. The number of nitrogens with one attached hydrogen (secondary N) is 1. The number of anilines is 1. The highest BCUT2D eigenvalue weighted by Crippen LogP contribution is 2.29. The maximum Gasteiger partial charge on any atom is 0.331 e. The molecule has 2 aromatic rings. The van der Waals surface area contributed by atoms with Crippen LogP contribution in [0, 0.1) is 0 Å². The zero-order valence-electron chi connectivity index (χ0n) is 16.5.